The monoisotopic (exact) mass is 254 g/mol. The first kappa shape index (κ1) is 14.3. The number of aliphatic hydroxyl groups is 1. The molecule has 0 aromatic heterocycles. The lowest BCUT2D eigenvalue weighted by atomic mass is 9.68. The van der Waals surface area contributed by atoms with Crippen LogP contribution in [0.5, 0.6) is 0 Å². The van der Waals surface area contributed by atoms with Gasteiger partial charge in [0.2, 0.25) is 0 Å². The van der Waals surface area contributed by atoms with Gasteiger partial charge < -0.3 is 9.84 Å². The number of hydrogen-bond donors (Lipinski definition) is 1. The minimum Gasteiger partial charge on any atom is -0.393 e. The molecule has 2 nitrogen and oxygen atoms in total. The van der Waals surface area contributed by atoms with Gasteiger partial charge in [0.15, 0.2) is 0 Å². The molecule has 0 heterocycles. The van der Waals surface area contributed by atoms with Gasteiger partial charge in [-0.1, -0.05) is 32.6 Å². The second-order valence-electron chi connectivity index (χ2n) is 6.29. The van der Waals surface area contributed by atoms with E-state index in [0.717, 1.165) is 25.4 Å². The molecule has 0 aliphatic heterocycles. The van der Waals surface area contributed by atoms with Crippen molar-refractivity contribution in [3.8, 4) is 0 Å². The molecule has 4 unspecified atom stereocenters. The van der Waals surface area contributed by atoms with Crippen LogP contribution >= 0.6 is 0 Å². The fourth-order valence-corrected chi connectivity index (χ4v) is 3.82. The van der Waals surface area contributed by atoms with E-state index in [2.05, 4.69) is 6.92 Å². The number of rotatable bonds is 6. The van der Waals surface area contributed by atoms with Crippen molar-refractivity contribution in [2.45, 2.75) is 83.3 Å². The molecule has 0 radical (unpaired) electrons. The van der Waals surface area contributed by atoms with E-state index in [-0.39, 0.29) is 6.10 Å². The number of fused-ring (bicyclic) bond motifs is 1. The van der Waals surface area contributed by atoms with E-state index in [1.54, 1.807) is 0 Å². The topological polar surface area (TPSA) is 29.5 Å². The van der Waals surface area contributed by atoms with Crippen LogP contribution in [-0.2, 0) is 4.74 Å². The highest BCUT2D eigenvalue weighted by molar-refractivity contribution is 4.88. The molecule has 2 aliphatic rings. The first-order valence-electron chi connectivity index (χ1n) is 8.11. The maximum absolute atomic E-state index is 9.85. The van der Waals surface area contributed by atoms with Gasteiger partial charge >= 0.3 is 0 Å². The molecule has 2 aliphatic carbocycles. The van der Waals surface area contributed by atoms with Gasteiger partial charge in [0, 0.05) is 6.61 Å². The largest absolute Gasteiger partial charge is 0.393 e. The smallest absolute Gasteiger partial charge is 0.0606 e. The average Bonchev–Trinajstić information content (AvgIpc) is 2.39. The molecule has 1 N–H and O–H groups in total. The summed E-state index contributed by atoms with van der Waals surface area (Å²) in [4.78, 5) is 0. The minimum absolute atomic E-state index is 0.0597. The van der Waals surface area contributed by atoms with E-state index in [4.69, 9.17) is 4.74 Å². The van der Waals surface area contributed by atoms with Crippen LogP contribution < -0.4 is 0 Å². The van der Waals surface area contributed by atoms with Crippen molar-refractivity contribution >= 4 is 0 Å². The van der Waals surface area contributed by atoms with E-state index in [1.165, 1.54) is 51.4 Å². The first-order valence-corrected chi connectivity index (χ1v) is 8.11. The Morgan fingerprint density at radius 2 is 1.94 bits per heavy atom. The van der Waals surface area contributed by atoms with Crippen molar-refractivity contribution in [2.24, 2.45) is 11.8 Å². The average molecular weight is 254 g/mol. The Morgan fingerprint density at radius 3 is 2.78 bits per heavy atom. The lowest BCUT2D eigenvalue weighted by Crippen LogP contribution is -2.40. The van der Waals surface area contributed by atoms with Crippen LogP contribution in [0.2, 0.25) is 0 Å². The third-order valence-electron chi connectivity index (χ3n) is 4.89. The van der Waals surface area contributed by atoms with Crippen molar-refractivity contribution in [1.82, 2.24) is 0 Å². The fraction of sp³-hybridized carbons (Fsp3) is 1.00. The van der Waals surface area contributed by atoms with Gasteiger partial charge in [0.05, 0.1) is 12.2 Å². The Balaban J connectivity index is 1.72. The van der Waals surface area contributed by atoms with E-state index in [1.807, 2.05) is 0 Å². The third-order valence-corrected chi connectivity index (χ3v) is 4.89. The lowest BCUT2D eigenvalue weighted by Gasteiger charge is -2.42. The normalized spacial score (nSPS) is 36.3. The van der Waals surface area contributed by atoms with Crippen LogP contribution in [0.25, 0.3) is 0 Å². The second-order valence-corrected chi connectivity index (χ2v) is 6.29. The van der Waals surface area contributed by atoms with Gasteiger partial charge in [-0.25, -0.2) is 0 Å². The summed E-state index contributed by atoms with van der Waals surface area (Å²) in [6, 6.07) is 0. The van der Waals surface area contributed by atoms with Gasteiger partial charge in [-0.3, -0.25) is 0 Å². The Hall–Kier alpha value is -0.0800. The van der Waals surface area contributed by atoms with Gasteiger partial charge in [-0.2, -0.15) is 0 Å². The highest BCUT2D eigenvalue weighted by atomic mass is 16.5. The third kappa shape index (κ3) is 3.96. The molecule has 0 saturated heterocycles. The first-order chi connectivity index (χ1) is 8.81. The summed E-state index contributed by atoms with van der Waals surface area (Å²) in [7, 11) is 0. The zero-order valence-corrected chi connectivity index (χ0v) is 11.9. The van der Waals surface area contributed by atoms with E-state index < -0.39 is 0 Å². The molecule has 0 aromatic rings. The number of aliphatic hydroxyl groups excluding tert-OH is 1. The van der Waals surface area contributed by atoms with E-state index in [9.17, 15) is 5.11 Å². The maximum atomic E-state index is 9.85. The maximum Gasteiger partial charge on any atom is 0.0606 e. The molecule has 0 aromatic carbocycles. The summed E-state index contributed by atoms with van der Waals surface area (Å²) >= 11 is 0. The molecule has 2 heteroatoms. The summed E-state index contributed by atoms with van der Waals surface area (Å²) in [5.41, 5.74) is 0. The lowest BCUT2D eigenvalue weighted by molar-refractivity contribution is -0.0701. The van der Waals surface area contributed by atoms with Gasteiger partial charge in [0.1, 0.15) is 0 Å². The minimum atomic E-state index is -0.0597. The summed E-state index contributed by atoms with van der Waals surface area (Å²) < 4.78 is 6.14. The molecule has 106 valence electrons. The second kappa shape index (κ2) is 7.49. The molecule has 2 saturated carbocycles. The number of hydrogen-bond acceptors (Lipinski definition) is 2. The van der Waals surface area contributed by atoms with Crippen LogP contribution in [0.4, 0.5) is 0 Å². The molecule has 0 amide bonds. The standard InChI is InChI=1S/C16H30O2/c1-2-3-4-5-11-18-16-8-6-7-13-9-10-14(17)12-15(13)16/h13-17H,2-12H2,1H3. The van der Waals surface area contributed by atoms with Crippen molar-refractivity contribution in [3.05, 3.63) is 0 Å². The molecular formula is C16H30O2. The molecule has 4 atom stereocenters. The number of unbranched alkanes of at least 4 members (excludes halogenated alkanes) is 3. The van der Waals surface area contributed by atoms with E-state index >= 15 is 0 Å². The molecule has 18 heavy (non-hydrogen) atoms. The summed E-state index contributed by atoms with van der Waals surface area (Å²) in [5, 5.41) is 9.85. The van der Waals surface area contributed by atoms with E-state index in [0.29, 0.717) is 12.0 Å². The fourth-order valence-electron chi connectivity index (χ4n) is 3.82. The Bertz CT molecular complexity index is 229. The molecule has 2 rings (SSSR count). The van der Waals surface area contributed by atoms with Crippen molar-refractivity contribution in [3.63, 3.8) is 0 Å². The quantitative estimate of drug-likeness (QED) is 0.728. The highest BCUT2D eigenvalue weighted by Crippen LogP contribution is 2.41. The molecule has 0 bridgehead atoms. The van der Waals surface area contributed by atoms with Crippen molar-refractivity contribution in [1.29, 1.82) is 0 Å². The zero-order valence-electron chi connectivity index (χ0n) is 11.9. The van der Waals surface area contributed by atoms with Gasteiger partial charge in [-0.05, 0) is 50.4 Å². The van der Waals surface area contributed by atoms with Crippen LogP contribution in [-0.4, -0.2) is 23.9 Å². The zero-order chi connectivity index (χ0) is 12.8. The SMILES string of the molecule is CCCCCCOC1CCCC2CCC(O)CC21. The van der Waals surface area contributed by atoms with Crippen LogP contribution in [0.15, 0.2) is 0 Å². The van der Waals surface area contributed by atoms with Crippen molar-refractivity contribution in [2.75, 3.05) is 6.61 Å². The predicted molar refractivity (Wildman–Crippen MR) is 74.6 cm³/mol. The van der Waals surface area contributed by atoms with Gasteiger partial charge in [0.25, 0.3) is 0 Å². The summed E-state index contributed by atoms with van der Waals surface area (Å²) in [6.07, 6.45) is 12.7. The predicted octanol–water partition coefficient (Wildman–Crippen LogP) is 3.91. The Kier molecular flexibility index (Phi) is 5.97. The van der Waals surface area contributed by atoms with Gasteiger partial charge in [-0.15, -0.1) is 0 Å². The van der Waals surface area contributed by atoms with Crippen LogP contribution in [0, 0.1) is 11.8 Å². The molecule has 2 fully saturated rings. The van der Waals surface area contributed by atoms with Crippen LogP contribution in [0.1, 0.15) is 71.1 Å². The summed E-state index contributed by atoms with van der Waals surface area (Å²) in [5.74, 6) is 1.48. The molecule has 0 spiro atoms. The number of ether oxygens (including phenoxy) is 1. The Morgan fingerprint density at radius 1 is 1.06 bits per heavy atom. The Labute approximate surface area is 112 Å². The molecular weight excluding hydrogens is 224 g/mol. The highest BCUT2D eigenvalue weighted by Gasteiger charge is 2.37. The van der Waals surface area contributed by atoms with Crippen LogP contribution in [0.3, 0.4) is 0 Å². The van der Waals surface area contributed by atoms with Crippen molar-refractivity contribution < 1.29 is 9.84 Å². The summed E-state index contributed by atoms with van der Waals surface area (Å²) in [6.45, 7) is 3.18.